The van der Waals surface area contributed by atoms with Gasteiger partial charge in [-0.15, -0.1) is 0 Å². The van der Waals surface area contributed by atoms with Crippen LogP contribution in [0.25, 0.3) is 0 Å². The van der Waals surface area contributed by atoms with Gasteiger partial charge >= 0.3 is 0 Å². The number of carbonyl (C=O) groups is 1. The maximum Gasteiger partial charge on any atom is 0.257 e. The molecule has 1 amide bonds. The summed E-state index contributed by atoms with van der Waals surface area (Å²) in [5.74, 6) is 0.341. The molecule has 7 heteroatoms. The van der Waals surface area contributed by atoms with E-state index in [1.165, 1.54) is 12.4 Å². The third-order valence-electron chi connectivity index (χ3n) is 2.64. The molecule has 2 aromatic rings. The Hall–Kier alpha value is -2.44. The van der Waals surface area contributed by atoms with E-state index in [9.17, 15) is 13.6 Å². The van der Waals surface area contributed by atoms with Crippen LogP contribution in [0.3, 0.4) is 0 Å². The number of hydrogen-bond donors (Lipinski definition) is 1. The normalized spacial score (nSPS) is 10.7. The SMILES string of the molecule is CCOc1ccc(C(=O)Nc2cnn(CC(F)F)c2)cc1. The molecule has 1 aromatic carbocycles. The Morgan fingerprint density at radius 1 is 1.38 bits per heavy atom. The van der Waals surface area contributed by atoms with E-state index in [-0.39, 0.29) is 5.91 Å². The number of benzene rings is 1. The van der Waals surface area contributed by atoms with Crippen LogP contribution in [0.5, 0.6) is 5.75 Å². The van der Waals surface area contributed by atoms with Crippen LogP contribution in [0, 0.1) is 0 Å². The molecule has 0 saturated heterocycles. The quantitative estimate of drug-likeness (QED) is 0.891. The molecular weight excluding hydrogens is 280 g/mol. The second-order valence-corrected chi connectivity index (χ2v) is 4.25. The van der Waals surface area contributed by atoms with Crippen LogP contribution in [0.2, 0.25) is 0 Å². The molecule has 0 aliphatic heterocycles. The van der Waals surface area contributed by atoms with Gasteiger partial charge in [0.2, 0.25) is 0 Å². The van der Waals surface area contributed by atoms with Crippen molar-refractivity contribution in [3.05, 3.63) is 42.2 Å². The number of nitrogens with zero attached hydrogens (tertiary/aromatic N) is 2. The number of anilines is 1. The Morgan fingerprint density at radius 3 is 2.71 bits per heavy atom. The molecule has 0 aliphatic rings. The molecule has 2 rings (SSSR count). The lowest BCUT2D eigenvalue weighted by Crippen LogP contribution is -2.11. The van der Waals surface area contributed by atoms with Crippen molar-refractivity contribution in [3.8, 4) is 5.75 Å². The number of amides is 1. The minimum atomic E-state index is -2.49. The number of nitrogens with one attached hydrogen (secondary N) is 1. The lowest BCUT2D eigenvalue weighted by molar-refractivity contribution is 0.102. The Kier molecular flexibility index (Phi) is 4.86. The molecule has 0 spiro atoms. The van der Waals surface area contributed by atoms with Gasteiger partial charge in [-0.3, -0.25) is 9.48 Å². The second-order valence-electron chi connectivity index (χ2n) is 4.25. The summed E-state index contributed by atoms with van der Waals surface area (Å²) in [6, 6.07) is 6.64. The summed E-state index contributed by atoms with van der Waals surface area (Å²) in [5, 5.41) is 6.34. The highest BCUT2D eigenvalue weighted by atomic mass is 19.3. The van der Waals surface area contributed by atoms with Crippen molar-refractivity contribution in [1.29, 1.82) is 0 Å². The molecule has 0 unspecified atom stereocenters. The summed E-state index contributed by atoms with van der Waals surface area (Å²) >= 11 is 0. The first-order valence-electron chi connectivity index (χ1n) is 6.43. The number of aromatic nitrogens is 2. The molecule has 112 valence electrons. The number of halogens is 2. The number of rotatable bonds is 6. The van der Waals surface area contributed by atoms with E-state index in [4.69, 9.17) is 4.74 Å². The van der Waals surface area contributed by atoms with Crippen molar-refractivity contribution < 1.29 is 18.3 Å². The highest BCUT2D eigenvalue weighted by Crippen LogP contribution is 2.14. The average molecular weight is 295 g/mol. The van der Waals surface area contributed by atoms with Gasteiger partial charge in [0, 0.05) is 11.8 Å². The molecule has 5 nitrogen and oxygen atoms in total. The van der Waals surface area contributed by atoms with Gasteiger partial charge in [0.1, 0.15) is 12.3 Å². The number of alkyl halides is 2. The lowest BCUT2D eigenvalue weighted by Gasteiger charge is -2.05. The number of hydrogen-bond acceptors (Lipinski definition) is 3. The second kappa shape index (κ2) is 6.83. The van der Waals surface area contributed by atoms with Crippen LogP contribution in [-0.2, 0) is 6.54 Å². The van der Waals surface area contributed by atoms with Gasteiger partial charge < -0.3 is 10.1 Å². The summed E-state index contributed by atoms with van der Waals surface area (Å²) in [6.45, 7) is 1.92. The zero-order chi connectivity index (χ0) is 15.2. The zero-order valence-electron chi connectivity index (χ0n) is 11.4. The van der Waals surface area contributed by atoms with Gasteiger partial charge in [-0.1, -0.05) is 0 Å². The fourth-order valence-electron chi connectivity index (χ4n) is 1.74. The van der Waals surface area contributed by atoms with E-state index in [2.05, 4.69) is 10.4 Å². The van der Waals surface area contributed by atoms with Crippen LogP contribution in [0.1, 0.15) is 17.3 Å². The molecule has 21 heavy (non-hydrogen) atoms. The van der Waals surface area contributed by atoms with Gasteiger partial charge in [0.25, 0.3) is 12.3 Å². The zero-order valence-corrected chi connectivity index (χ0v) is 11.4. The molecule has 0 saturated carbocycles. The summed E-state index contributed by atoms with van der Waals surface area (Å²) in [7, 11) is 0. The van der Waals surface area contributed by atoms with Crippen molar-refractivity contribution in [1.82, 2.24) is 9.78 Å². The van der Waals surface area contributed by atoms with E-state index in [0.29, 0.717) is 23.6 Å². The Labute approximate surface area is 120 Å². The molecule has 0 fully saturated rings. The van der Waals surface area contributed by atoms with Crippen LogP contribution in [0.4, 0.5) is 14.5 Å². The van der Waals surface area contributed by atoms with Gasteiger partial charge in [-0.25, -0.2) is 8.78 Å². The molecule has 0 bridgehead atoms. The topological polar surface area (TPSA) is 56.1 Å². The first kappa shape index (κ1) is 15.0. The van der Waals surface area contributed by atoms with E-state index in [1.54, 1.807) is 24.3 Å². The smallest absolute Gasteiger partial charge is 0.257 e. The molecular formula is C14H15F2N3O2. The Morgan fingerprint density at radius 2 is 2.10 bits per heavy atom. The van der Waals surface area contributed by atoms with Gasteiger partial charge in [-0.05, 0) is 31.2 Å². The molecule has 1 N–H and O–H groups in total. The molecule has 0 atom stereocenters. The van der Waals surface area contributed by atoms with Crippen molar-refractivity contribution >= 4 is 11.6 Å². The predicted octanol–water partition coefficient (Wildman–Crippen LogP) is 2.80. The van der Waals surface area contributed by atoms with E-state index in [1.807, 2.05) is 6.92 Å². The van der Waals surface area contributed by atoms with Gasteiger partial charge in [0.15, 0.2) is 0 Å². The molecule has 0 aliphatic carbocycles. The van der Waals surface area contributed by atoms with Crippen LogP contribution in [-0.4, -0.2) is 28.7 Å². The fraction of sp³-hybridized carbons (Fsp3) is 0.286. The summed E-state index contributed by atoms with van der Waals surface area (Å²) in [6.07, 6.45) is 0.201. The third kappa shape index (κ3) is 4.27. The van der Waals surface area contributed by atoms with Crippen LogP contribution < -0.4 is 10.1 Å². The Balaban J connectivity index is 1.98. The first-order valence-corrected chi connectivity index (χ1v) is 6.43. The van der Waals surface area contributed by atoms with Crippen LogP contribution >= 0.6 is 0 Å². The first-order chi connectivity index (χ1) is 10.1. The Bertz CT molecular complexity index is 597. The maximum atomic E-state index is 12.2. The minimum Gasteiger partial charge on any atom is -0.494 e. The van der Waals surface area contributed by atoms with Gasteiger partial charge in [0.05, 0.1) is 18.5 Å². The monoisotopic (exact) mass is 295 g/mol. The summed E-state index contributed by atoms with van der Waals surface area (Å²) < 4.78 is 30.8. The molecule has 1 aromatic heterocycles. The van der Waals surface area contributed by atoms with Crippen molar-refractivity contribution in [2.24, 2.45) is 0 Å². The minimum absolute atomic E-state index is 0.338. The van der Waals surface area contributed by atoms with Gasteiger partial charge in [-0.2, -0.15) is 5.10 Å². The number of ether oxygens (including phenoxy) is 1. The average Bonchev–Trinajstić information content (AvgIpc) is 2.86. The predicted molar refractivity (Wildman–Crippen MR) is 73.8 cm³/mol. The van der Waals surface area contributed by atoms with Crippen LogP contribution in [0.15, 0.2) is 36.7 Å². The fourth-order valence-corrected chi connectivity index (χ4v) is 1.74. The third-order valence-corrected chi connectivity index (χ3v) is 2.64. The van der Waals surface area contributed by atoms with Crippen molar-refractivity contribution in [3.63, 3.8) is 0 Å². The molecule has 0 radical (unpaired) electrons. The van der Waals surface area contributed by atoms with E-state index in [0.717, 1.165) is 4.68 Å². The summed E-state index contributed by atoms with van der Waals surface area (Å²) in [4.78, 5) is 12.0. The van der Waals surface area contributed by atoms with Crippen molar-refractivity contribution in [2.75, 3.05) is 11.9 Å². The highest BCUT2D eigenvalue weighted by molar-refractivity contribution is 6.04. The summed E-state index contributed by atoms with van der Waals surface area (Å²) in [5.41, 5.74) is 0.814. The van der Waals surface area contributed by atoms with E-state index >= 15 is 0 Å². The maximum absolute atomic E-state index is 12.2. The van der Waals surface area contributed by atoms with E-state index < -0.39 is 13.0 Å². The standard InChI is InChI=1S/C14H15F2N3O2/c1-2-21-12-5-3-10(4-6-12)14(20)18-11-7-17-19(8-11)9-13(15)16/h3-8,13H,2,9H2,1H3,(H,18,20). The number of carbonyl (C=O) groups excluding carboxylic acids is 1. The van der Waals surface area contributed by atoms with Crippen molar-refractivity contribution in [2.45, 2.75) is 19.9 Å². The largest absolute Gasteiger partial charge is 0.494 e. The molecule has 1 heterocycles. The lowest BCUT2D eigenvalue weighted by atomic mass is 10.2. The highest BCUT2D eigenvalue weighted by Gasteiger charge is 2.09.